The quantitative estimate of drug-likeness (QED) is 0.0520. The van der Waals surface area contributed by atoms with E-state index in [2.05, 4.69) is 206 Å². The van der Waals surface area contributed by atoms with Gasteiger partial charge in [0.2, 0.25) is 0 Å². The van der Waals surface area contributed by atoms with E-state index in [1.807, 2.05) is 12.1 Å². The molecular weight excluding hydrogens is 823 g/mol. The van der Waals surface area contributed by atoms with Crippen molar-refractivity contribution in [3.63, 3.8) is 0 Å². The maximum absolute atomic E-state index is 12.6. The lowest BCUT2D eigenvalue weighted by molar-refractivity contribution is -0.132. The fraction of sp³-hybridized carbons (Fsp3) is 0.138. The van der Waals surface area contributed by atoms with Crippen molar-refractivity contribution in [1.82, 2.24) is 0 Å². The van der Waals surface area contributed by atoms with Crippen LogP contribution >= 0.6 is 14.5 Å². The van der Waals surface area contributed by atoms with Crippen LogP contribution in [0.15, 0.2) is 218 Å². The van der Waals surface area contributed by atoms with Gasteiger partial charge in [-0.15, -0.1) is 0 Å². The van der Waals surface area contributed by atoms with Gasteiger partial charge in [0.05, 0.1) is 12.3 Å². The number of carbonyl (C=O) groups is 2. The number of ether oxygens (including phenoxy) is 2. The fourth-order valence-electron chi connectivity index (χ4n) is 9.18. The Balaban J connectivity index is 1.13. The number of esters is 2. The maximum atomic E-state index is 12.6. The summed E-state index contributed by atoms with van der Waals surface area (Å²) in [6.07, 6.45) is 5.39. The zero-order valence-electron chi connectivity index (χ0n) is 36.6. The number of rotatable bonds is 17. The van der Waals surface area contributed by atoms with E-state index in [4.69, 9.17) is 9.47 Å². The van der Waals surface area contributed by atoms with Gasteiger partial charge in [0.1, 0.15) is 57.9 Å². The average molecular weight is 877 g/mol. The van der Waals surface area contributed by atoms with Crippen molar-refractivity contribution in [2.24, 2.45) is 0 Å². The van der Waals surface area contributed by atoms with Crippen molar-refractivity contribution in [3.8, 4) is 22.6 Å². The summed E-state index contributed by atoms with van der Waals surface area (Å²) in [6, 6.07) is 78.0. The summed E-state index contributed by atoms with van der Waals surface area (Å²) in [5, 5.41) is 8.15. The monoisotopic (exact) mass is 876 g/mol. The summed E-state index contributed by atoms with van der Waals surface area (Å²) in [5.74, 6) is 0.0446. The van der Waals surface area contributed by atoms with Gasteiger partial charge in [-0.05, 0) is 134 Å². The summed E-state index contributed by atoms with van der Waals surface area (Å²) in [5.41, 5.74) is 3.67. The van der Waals surface area contributed by atoms with Crippen LogP contribution in [0.25, 0.3) is 11.1 Å². The molecule has 318 valence electrons. The van der Waals surface area contributed by atoms with E-state index in [9.17, 15) is 9.59 Å². The van der Waals surface area contributed by atoms with Gasteiger partial charge in [-0.3, -0.25) is 9.59 Å². The van der Waals surface area contributed by atoms with Gasteiger partial charge in [0, 0.05) is 25.0 Å². The van der Waals surface area contributed by atoms with E-state index in [-0.39, 0.29) is 0 Å². The molecule has 8 aromatic carbocycles. The smallest absolute Gasteiger partial charge is 0.308 e. The molecule has 6 heteroatoms. The van der Waals surface area contributed by atoms with Crippen LogP contribution in [0.3, 0.4) is 0 Å². The third kappa shape index (κ3) is 9.85. The molecule has 8 rings (SSSR count). The molecular formula is C58H54O4P2+2. The minimum Gasteiger partial charge on any atom is -0.426 e. The highest BCUT2D eigenvalue weighted by Gasteiger charge is 2.45. The first-order valence-corrected chi connectivity index (χ1v) is 26.0. The van der Waals surface area contributed by atoms with Crippen LogP contribution < -0.4 is 41.3 Å². The largest absolute Gasteiger partial charge is 0.426 e. The topological polar surface area (TPSA) is 52.6 Å². The van der Waals surface area contributed by atoms with Crippen LogP contribution in [-0.4, -0.2) is 24.3 Å². The Morgan fingerprint density at radius 1 is 0.359 bits per heavy atom. The second-order valence-electron chi connectivity index (χ2n) is 16.1. The number of hydrogen-bond acceptors (Lipinski definition) is 4. The van der Waals surface area contributed by atoms with Crippen molar-refractivity contribution >= 4 is 58.3 Å². The highest BCUT2D eigenvalue weighted by Crippen LogP contribution is 2.57. The average Bonchev–Trinajstić information content (AvgIpc) is 3.34. The van der Waals surface area contributed by atoms with Gasteiger partial charge < -0.3 is 9.47 Å². The van der Waals surface area contributed by atoms with Crippen molar-refractivity contribution in [2.45, 2.75) is 39.5 Å². The van der Waals surface area contributed by atoms with E-state index in [0.717, 1.165) is 60.3 Å². The minimum absolute atomic E-state index is 0.412. The van der Waals surface area contributed by atoms with Gasteiger partial charge in [-0.25, -0.2) is 0 Å². The summed E-state index contributed by atoms with van der Waals surface area (Å²) in [4.78, 5) is 25.2. The summed E-state index contributed by atoms with van der Waals surface area (Å²) in [7, 11) is -4.05. The van der Waals surface area contributed by atoms with Crippen molar-refractivity contribution in [1.29, 1.82) is 0 Å². The van der Waals surface area contributed by atoms with Gasteiger partial charge >= 0.3 is 11.9 Å². The molecule has 0 fully saturated rings. The lowest BCUT2D eigenvalue weighted by Gasteiger charge is -2.28. The molecule has 0 aliphatic rings. The molecule has 0 radical (unpaired) electrons. The summed E-state index contributed by atoms with van der Waals surface area (Å²) < 4.78 is 11.8. The second-order valence-corrected chi connectivity index (χ2v) is 23.4. The minimum atomic E-state index is -2.03. The van der Waals surface area contributed by atoms with Crippen LogP contribution in [0.1, 0.15) is 37.8 Å². The third-order valence-corrected chi connectivity index (χ3v) is 21.0. The van der Waals surface area contributed by atoms with Crippen molar-refractivity contribution in [2.75, 3.05) is 12.3 Å². The Hall–Kier alpha value is -6.44. The van der Waals surface area contributed by atoms with Crippen molar-refractivity contribution < 1.29 is 19.1 Å². The molecule has 0 aliphatic heterocycles. The summed E-state index contributed by atoms with van der Waals surface area (Å²) in [6.45, 7) is 2.84. The lowest BCUT2D eigenvalue weighted by atomic mass is 9.96. The zero-order chi connectivity index (χ0) is 44.2. The SMILES string of the molecule is CC(=O)Oc1ccc(CCC[P+](c2ccccc2)(c2ccccc2)c2ccccc2)cc1-c1cc(CCC[P+](c2ccccc2)(c2ccccc2)c2ccccc2)ccc1OC(C)=O. The van der Waals surface area contributed by atoms with E-state index >= 15 is 0 Å². The van der Waals surface area contributed by atoms with Crippen LogP contribution in [0.5, 0.6) is 11.5 Å². The standard InChI is InChI=1S/C58H54O4P2/c1-45(59)61-57-39-37-47(23-21-41-63(49-25-9-3-10-26-49,50-27-11-4-12-28-50)51-29-13-5-14-30-51)43-55(57)56-44-48(38-40-58(56)62-46(2)60)24-22-42-64(52-31-15-6-16-32-52,53-33-17-7-18-34-53)54-35-19-8-20-36-54/h3-20,25-40,43-44H,21-24,41-42H2,1-2H3/q+2. The fourth-order valence-corrected chi connectivity index (χ4v) is 17.9. The van der Waals surface area contributed by atoms with E-state index in [1.54, 1.807) is 0 Å². The zero-order valence-corrected chi connectivity index (χ0v) is 38.3. The Morgan fingerprint density at radius 2 is 0.609 bits per heavy atom. The molecule has 0 saturated carbocycles. The van der Waals surface area contributed by atoms with E-state index in [1.165, 1.54) is 45.7 Å². The molecule has 0 amide bonds. The normalized spacial score (nSPS) is 11.5. The Bertz CT molecular complexity index is 2380. The molecule has 0 saturated heterocycles. The molecule has 0 atom stereocenters. The maximum Gasteiger partial charge on any atom is 0.308 e. The first kappa shape index (κ1) is 44.2. The molecule has 8 aromatic rings. The van der Waals surface area contributed by atoms with Gasteiger partial charge in [0.25, 0.3) is 0 Å². The molecule has 4 nitrogen and oxygen atoms in total. The van der Waals surface area contributed by atoms with Crippen LogP contribution in [0, 0.1) is 0 Å². The lowest BCUT2D eigenvalue weighted by Crippen LogP contribution is -2.33. The number of carbonyl (C=O) groups excluding carboxylic acids is 2. The molecule has 0 unspecified atom stereocenters. The number of benzene rings is 8. The molecule has 0 heterocycles. The highest BCUT2D eigenvalue weighted by atomic mass is 31.2. The van der Waals surface area contributed by atoms with E-state index in [0.29, 0.717) is 11.5 Å². The third-order valence-electron chi connectivity index (χ3n) is 12.0. The number of hydrogen-bond donors (Lipinski definition) is 0. The van der Waals surface area contributed by atoms with Gasteiger partial charge in [0.15, 0.2) is 0 Å². The van der Waals surface area contributed by atoms with Crippen LogP contribution in [0.2, 0.25) is 0 Å². The Kier molecular flexibility index (Phi) is 14.4. The Labute approximate surface area is 379 Å². The first-order valence-electron chi connectivity index (χ1n) is 22.1. The van der Waals surface area contributed by atoms with Gasteiger partial charge in [-0.2, -0.15) is 0 Å². The summed E-state index contributed by atoms with van der Waals surface area (Å²) >= 11 is 0. The molecule has 0 aromatic heterocycles. The molecule has 0 N–H and O–H groups in total. The van der Waals surface area contributed by atoms with Crippen LogP contribution in [0.4, 0.5) is 0 Å². The predicted octanol–water partition coefficient (Wildman–Crippen LogP) is 11.1. The molecule has 0 bridgehead atoms. The van der Waals surface area contributed by atoms with E-state index < -0.39 is 26.5 Å². The van der Waals surface area contributed by atoms with Crippen molar-refractivity contribution in [3.05, 3.63) is 230 Å². The molecule has 64 heavy (non-hydrogen) atoms. The van der Waals surface area contributed by atoms with Crippen LogP contribution in [-0.2, 0) is 22.4 Å². The molecule has 0 aliphatic carbocycles. The Morgan fingerprint density at radius 3 is 0.844 bits per heavy atom. The first-order chi connectivity index (χ1) is 31.4. The van der Waals surface area contributed by atoms with Gasteiger partial charge in [-0.1, -0.05) is 121 Å². The predicted molar refractivity (Wildman–Crippen MR) is 271 cm³/mol. The number of aryl methyl sites for hydroxylation is 2. The molecule has 0 spiro atoms. The second kappa shape index (κ2) is 20.8. The highest BCUT2D eigenvalue weighted by molar-refractivity contribution is 7.96.